The van der Waals surface area contributed by atoms with Gasteiger partial charge in [-0.3, -0.25) is 4.79 Å². The molecule has 1 amide bonds. The molecule has 28 heavy (non-hydrogen) atoms. The van der Waals surface area contributed by atoms with Crippen molar-refractivity contribution in [3.05, 3.63) is 72.4 Å². The number of nitrogens with zero attached hydrogens (tertiary/aromatic N) is 3. The number of aromatic nitrogens is 2. The van der Waals surface area contributed by atoms with Crippen LogP contribution < -0.4 is 5.32 Å². The van der Waals surface area contributed by atoms with Gasteiger partial charge in [-0.05, 0) is 44.0 Å². The van der Waals surface area contributed by atoms with Gasteiger partial charge >= 0.3 is 0 Å². The molecule has 3 aliphatic rings. The Kier molecular flexibility index (Phi) is 4.45. The van der Waals surface area contributed by atoms with Gasteiger partial charge in [0.1, 0.15) is 0 Å². The Morgan fingerprint density at radius 1 is 0.964 bits per heavy atom. The van der Waals surface area contributed by atoms with Crippen LogP contribution in [0.2, 0.25) is 0 Å². The van der Waals surface area contributed by atoms with Crippen molar-refractivity contribution in [1.82, 2.24) is 20.0 Å². The molecular formula is C23H24N4O. The van der Waals surface area contributed by atoms with Crippen LogP contribution in [0.4, 0.5) is 0 Å². The first-order chi connectivity index (χ1) is 13.8. The van der Waals surface area contributed by atoms with Crippen LogP contribution in [0.5, 0.6) is 0 Å². The highest BCUT2D eigenvalue weighted by atomic mass is 16.1. The zero-order valence-electron chi connectivity index (χ0n) is 15.8. The summed E-state index contributed by atoms with van der Waals surface area (Å²) in [7, 11) is 0. The van der Waals surface area contributed by atoms with Crippen molar-refractivity contribution in [1.29, 1.82) is 0 Å². The number of amides is 1. The molecule has 1 unspecified atom stereocenters. The van der Waals surface area contributed by atoms with E-state index in [0.717, 1.165) is 36.6 Å². The molecule has 5 nitrogen and oxygen atoms in total. The van der Waals surface area contributed by atoms with Crippen LogP contribution in [-0.4, -0.2) is 46.3 Å². The smallest absolute Gasteiger partial charge is 0.255 e. The van der Waals surface area contributed by atoms with Crippen molar-refractivity contribution >= 4 is 5.91 Å². The second-order valence-corrected chi connectivity index (χ2v) is 7.74. The third-order valence-corrected chi connectivity index (χ3v) is 6.03. The fourth-order valence-electron chi connectivity index (χ4n) is 4.53. The molecule has 1 N–H and O–H groups in total. The van der Waals surface area contributed by atoms with Crippen molar-refractivity contribution in [2.24, 2.45) is 5.92 Å². The maximum Gasteiger partial charge on any atom is 0.255 e. The SMILES string of the molecule is O=C(NC1CN2CCC1CC2)c1cnn(-c2ccccc2)c1-c1ccccc1. The van der Waals surface area contributed by atoms with E-state index in [-0.39, 0.29) is 11.9 Å². The van der Waals surface area contributed by atoms with E-state index in [9.17, 15) is 4.79 Å². The van der Waals surface area contributed by atoms with Crippen molar-refractivity contribution in [3.63, 3.8) is 0 Å². The summed E-state index contributed by atoms with van der Waals surface area (Å²) in [5, 5.41) is 7.88. The minimum Gasteiger partial charge on any atom is -0.348 e. The van der Waals surface area contributed by atoms with Crippen LogP contribution in [0.15, 0.2) is 66.9 Å². The maximum absolute atomic E-state index is 13.2. The third kappa shape index (κ3) is 3.12. The predicted octanol–water partition coefficient (Wildman–Crippen LogP) is 3.36. The number of carbonyl (C=O) groups is 1. The zero-order valence-corrected chi connectivity index (χ0v) is 15.8. The highest BCUT2D eigenvalue weighted by molar-refractivity contribution is 6.00. The van der Waals surface area contributed by atoms with Crippen molar-refractivity contribution in [2.75, 3.05) is 19.6 Å². The van der Waals surface area contributed by atoms with E-state index in [2.05, 4.69) is 15.3 Å². The van der Waals surface area contributed by atoms with Gasteiger partial charge in [0.25, 0.3) is 5.91 Å². The quantitative estimate of drug-likeness (QED) is 0.764. The van der Waals surface area contributed by atoms with Gasteiger partial charge < -0.3 is 10.2 Å². The molecule has 4 heterocycles. The van der Waals surface area contributed by atoms with E-state index in [1.54, 1.807) is 6.20 Å². The number of hydrogen-bond acceptors (Lipinski definition) is 3. The Morgan fingerprint density at radius 2 is 1.64 bits per heavy atom. The molecule has 0 spiro atoms. The summed E-state index contributed by atoms with van der Waals surface area (Å²) >= 11 is 0. The monoisotopic (exact) mass is 372 g/mol. The number of piperidine rings is 3. The number of hydrogen-bond donors (Lipinski definition) is 1. The minimum atomic E-state index is -0.0280. The molecule has 3 saturated heterocycles. The maximum atomic E-state index is 13.2. The Bertz CT molecular complexity index is 959. The summed E-state index contributed by atoms with van der Waals surface area (Å²) in [6.07, 6.45) is 4.06. The van der Waals surface area contributed by atoms with E-state index in [1.165, 1.54) is 12.8 Å². The standard InChI is InChI=1S/C23H24N4O/c28-23(25-21-16-26-13-11-17(21)12-14-26)20-15-24-27(19-9-5-2-6-10-19)22(20)18-7-3-1-4-8-18/h1-10,15,17,21H,11-14,16H2,(H,25,28). The number of benzene rings is 2. The van der Waals surface area contributed by atoms with Crippen molar-refractivity contribution in [3.8, 4) is 16.9 Å². The molecule has 142 valence electrons. The zero-order chi connectivity index (χ0) is 18.9. The molecule has 3 fully saturated rings. The highest BCUT2D eigenvalue weighted by Gasteiger charge is 2.35. The normalized spacial score (nSPS) is 23.5. The summed E-state index contributed by atoms with van der Waals surface area (Å²) in [4.78, 5) is 15.7. The first-order valence-corrected chi connectivity index (χ1v) is 10.0. The lowest BCUT2D eigenvalue weighted by Crippen LogP contribution is -2.57. The number of fused-ring (bicyclic) bond motifs is 3. The lowest BCUT2D eigenvalue weighted by molar-refractivity contribution is 0.0621. The van der Waals surface area contributed by atoms with Gasteiger partial charge in [0.2, 0.25) is 0 Å². The van der Waals surface area contributed by atoms with Crippen LogP contribution >= 0.6 is 0 Å². The van der Waals surface area contributed by atoms with Gasteiger partial charge in [-0.1, -0.05) is 48.5 Å². The number of rotatable bonds is 4. The third-order valence-electron chi connectivity index (χ3n) is 6.03. The number of nitrogens with one attached hydrogen (secondary N) is 1. The molecule has 3 aliphatic heterocycles. The second kappa shape index (κ2) is 7.24. The predicted molar refractivity (Wildman–Crippen MR) is 109 cm³/mol. The van der Waals surface area contributed by atoms with Crippen LogP contribution in [-0.2, 0) is 0 Å². The molecule has 0 aliphatic carbocycles. The first-order valence-electron chi connectivity index (χ1n) is 10.0. The summed E-state index contributed by atoms with van der Waals surface area (Å²) in [5.74, 6) is 0.568. The molecule has 2 bridgehead atoms. The van der Waals surface area contributed by atoms with Gasteiger partial charge in [0, 0.05) is 18.2 Å². The molecule has 0 radical (unpaired) electrons. The van der Waals surface area contributed by atoms with Crippen molar-refractivity contribution < 1.29 is 4.79 Å². The topological polar surface area (TPSA) is 50.2 Å². The molecule has 6 rings (SSSR count). The Hall–Kier alpha value is -2.92. The molecule has 2 aromatic carbocycles. The first kappa shape index (κ1) is 17.2. The lowest BCUT2D eigenvalue weighted by atomic mass is 9.84. The summed E-state index contributed by atoms with van der Waals surface area (Å²) in [5.41, 5.74) is 3.41. The summed E-state index contributed by atoms with van der Waals surface area (Å²) in [6, 6.07) is 20.2. The largest absolute Gasteiger partial charge is 0.348 e. The molecular weight excluding hydrogens is 348 g/mol. The van der Waals surface area contributed by atoms with Gasteiger partial charge in [0.15, 0.2) is 0 Å². The van der Waals surface area contributed by atoms with E-state index in [1.807, 2.05) is 65.3 Å². The van der Waals surface area contributed by atoms with E-state index in [4.69, 9.17) is 0 Å². The highest BCUT2D eigenvalue weighted by Crippen LogP contribution is 2.30. The number of para-hydroxylation sites is 1. The van der Waals surface area contributed by atoms with Crippen LogP contribution in [0, 0.1) is 5.92 Å². The summed E-state index contributed by atoms with van der Waals surface area (Å²) in [6.45, 7) is 3.29. The van der Waals surface area contributed by atoms with Gasteiger partial charge in [-0.15, -0.1) is 0 Å². The van der Waals surface area contributed by atoms with E-state index < -0.39 is 0 Å². The fourth-order valence-corrected chi connectivity index (χ4v) is 4.53. The Balaban J connectivity index is 1.51. The summed E-state index contributed by atoms with van der Waals surface area (Å²) < 4.78 is 1.86. The van der Waals surface area contributed by atoms with Crippen LogP contribution in [0.1, 0.15) is 23.2 Å². The average Bonchev–Trinajstić information content (AvgIpc) is 3.21. The Labute approximate surface area is 165 Å². The van der Waals surface area contributed by atoms with E-state index >= 15 is 0 Å². The molecule has 1 aromatic heterocycles. The molecule has 1 atom stereocenters. The number of carbonyl (C=O) groups excluding carboxylic acids is 1. The molecule has 5 heteroatoms. The van der Waals surface area contributed by atoms with Crippen LogP contribution in [0.3, 0.4) is 0 Å². The van der Waals surface area contributed by atoms with Gasteiger partial charge in [-0.2, -0.15) is 5.10 Å². The fraction of sp³-hybridized carbons (Fsp3) is 0.304. The average molecular weight is 372 g/mol. The second-order valence-electron chi connectivity index (χ2n) is 7.74. The van der Waals surface area contributed by atoms with Crippen LogP contribution in [0.25, 0.3) is 16.9 Å². The molecule has 3 aromatic rings. The lowest BCUT2D eigenvalue weighted by Gasteiger charge is -2.44. The molecule has 0 saturated carbocycles. The van der Waals surface area contributed by atoms with Gasteiger partial charge in [-0.25, -0.2) is 4.68 Å². The Morgan fingerprint density at radius 3 is 2.29 bits per heavy atom. The van der Waals surface area contributed by atoms with E-state index in [0.29, 0.717) is 11.5 Å². The van der Waals surface area contributed by atoms with Crippen molar-refractivity contribution in [2.45, 2.75) is 18.9 Å². The minimum absolute atomic E-state index is 0.0280. The van der Waals surface area contributed by atoms with Gasteiger partial charge in [0.05, 0.1) is 23.1 Å².